The molecule has 42 valence electrons. The van der Waals surface area contributed by atoms with Crippen molar-refractivity contribution in [2.45, 2.75) is 6.88 Å². The molecule has 0 bridgehead atoms. The minimum atomic E-state index is -1.43. The Hall–Kier alpha value is -0.300. The van der Waals surface area contributed by atoms with Crippen LogP contribution in [0.1, 0.15) is 13.8 Å². The average molecular weight is 177 g/mol. The topological polar surface area (TPSA) is 0 Å². The summed E-state index contributed by atoms with van der Waals surface area (Å²) in [6.45, 7) is -1.43. The maximum absolute atomic E-state index is 7.44. The van der Waals surface area contributed by atoms with E-state index in [1.807, 2.05) is 0 Å². The highest BCUT2D eigenvalue weighted by Gasteiger charge is 1.85. The van der Waals surface area contributed by atoms with Crippen molar-refractivity contribution in [3.05, 3.63) is 34.2 Å². The van der Waals surface area contributed by atoms with Crippen LogP contribution in [0.3, 0.4) is 0 Å². The summed E-state index contributed by atoms with van der Waals surface area (Å²) >= 11 is 2.97. The minimum Gasteiger partial charge on any atom is -0.0619 e. The minimum absolute atomic E-state index is 0.0315. The van der Waals surface area contributed by atoms with Crippen LogP contribution >= 0.6 is 15.9 Å². The number of rotatable bonds is 0. The van der Waals surface area contributed by atoms with Gasteiger partial charge in [0.2, 0.25) is 0 Å². The third-order valence-electron chi connectivity index (χ3n) is 0.668. The zero-order valence-electron chi connectivity index (χ0n) is 9.96. The van der Waals surface area contributed by atoms with Gasteiger partial charge in [0.05, 0.1) is 5.48 Å². The van der Waals surface area contributed by atoms with Crippen molar-refractivity contribution in [3.8, 4) is 0 Å². The number of hydrogen-bond acceptors (Lipinski definition) is 0. The third-order valence-corrected chi connectivity index (χ3v) is 1.29. The van der Waals surface area contributed by atoms with E-state index < -0.39 is 12.9 Å². The lowest BCUT2D eigenvalue weighted by atomic mass is 10.2. The summed E-state index contributed by atoms with van der Waals surface area (Å²) in [5.74, 6) is 0. The molecule has 1 rings (SSSR count). The maximum Gasteiger partial charge on any atom is 0.0635 e. The van der Waals surface area contributed by atoms with Crippen molar-refractivity contribution in [2.24, 2.45) is 0 Å². The molecule has 0 saturated carbocycles. The van der Waals surface area contributed by atoms with Gasteiger partial charge in [-0.25, -0.2) is 0 Å². The van der Waals surface area contributed by atoms with E-state index in [1.54, 1.807) is 0 Å². The first-order chi connectivity index (χ1) is 6.37. The number of benzene rings is 1. The molecule has 0 aromatic heterocycles. The molecule has 0 N–H and O–H groups in total. The first-order valence-corrected chi connectivity index (χ1v) is 2.77. The SMILES string of the molecule is [2H]c1c([2H])c([2H])c(C([2H])[2H])c(Br)c1[2H]. The standard InChI is InChI=1S/C7H7Br/c1-6-4-2-3-5-7(6)8/h2-5H,1H3/i1D2,2D,3D,4D,5D. The van der Waals surface area contributed by atoms with Crippen molar-refractivity contribution in [2.75, 3.05) is 0 Å². The normalized spacial score (nSPS) is 20.2. The summed E-state index contributed by atoms with van der Waals surface area (Å²) in [6.07, 6.45) is 0. The van der Waals surface area contributed by atoms with Gasteiger partial charge in [0.1, 0.15) is 0 Å². The van der Waals surface area contributed by atoms with Crippen LogP contribution < -0.4 is 0 Å². The lowest BCUT2D eigenvalue weighted by Gasteiger charge is -1.91. The largest absolute Gasteiger partial charge is 0.0635 e. The van der Waals surface area contributed by atoms with Crippen LogP contribution in [0.4, 0.5) is 0 Å². The Morgan fingerprint density at radius 1 is 1.62 bits per heavy atom. The van der Waals surface area contributed by atoms with Gasteiger partial charge in [0.15, 0.2) is 0 Å². The molecule has 0 saturated heterocycles. The van der Waals surface area contributed by atoms with Crippen LogP contribution in [0.15, 0.2) is 28.6 Å². The van der Waals surface area contributed by atoms with Crippen molar-refractivity contribution in [1.82, 2.24) is 0 Å². The summed E-state index contributed by atoms with van der Waals surface area (Å²) in [5, 5.41) is 0. The van der Waals surface area contributed by atoms with Crippen LogP contribution in [-0.4, -0.2) is 0 Å². The Labute approximate surface area is 66.1 Å². The predicted molar refractivity (Wildman–Crippen MR) is 38.9 cm³/mol. The summed E-state index contributed by atoms with van der Waals surface area (Å²) in [5.41, 5.74) is -0.0315. The second-order valence-corrected chi connectivity index (χ2v) is 2.02. The van der Waals surface area contributed by atoms with Crippen LogP contribution in [-0.2, 0) is 0 Å². The Morgan fingerprint density at radius 3 is 3.12 bits per heavy atom. The van der Waals surface area contributed by atoms with Crippen LogP contribution in [0, 0.1) is 6.88 Å². The molecule has 0 fully saturated rings. The third kappa shape index (κ3) is 1.10. The molecule has 0 nitrogen and oxygen atoms in total. The molecule has 0 aliphatic rings. The molecule has 1 aromatic rings. The van der Waals surface area contributed by atoms with E-state index in [4.69, 9.17) is 8.22 Å². The van der Waals surface area contributed by atoms with E-state index in [2.05, 4.69) is 15.9 Å². The first-order valence-electron chi connectivity index (χ1n) is 5.13. The Kier molecular flexibility index (Phi) is 0.533. The van der Waals surface area contributed by atoms with Gasteiger partial charge in [-0.1, -0.05) is 34.1 Å². The number of halogens is 1. The molecule has 1 aromatic carbocycles. The van der Waals surface area contributed by atoms with Gasteiger partial charge in [-0.05, 0) is 18.5 Å². The lowest BCUT2D eigenvalue weighted by molar-refractivity contribution is 1.43. The fourth-order valence-corrected chi connectivity index (χ4v) is 0.505. The highest BCUT2D eigenvalue weighted by Crippen LogP contribution is 2.13. The van der Waals surface area contributed by atoms with Crippen LogP contribution in [0.5, 0.6) is 0 Å². The smallest absolute Gasteiger partial charge is 0.0619 e. The predicted octanol–water partition coefficient (Wildman–Crippen LogP) is 2.76. The molecule has 8 heavy (non-hydrogen) atoms. The molecule has 0 radical (unpaired) electrons. The molecular formula is C7H7Br. The average Bonchev–Trinajstić information content (AvgIpc) is 2.11. The van der Waals surface area contributed by atoms with Crippen LogP contribution in [0.25, 0.3) is 0 Å². The van der Waals surface area contributed by atoms with Gasteiger partial charge in [0.25, 0.3) is 0 Å². The zero-order valence-corrected chi connectivity index (χ0v) is 5.54. The van der Waals surface area contributed by atoms with Gasteiger partial charge in [-0.2, -0.15) is 0 Å². The molecular weight excluding hydrogens is 164 g/mol. The maximum atomic E-state index is 7.44. The highest BCUT2D eigenvalue weighted by atomic mass is 79.9. The molecule has 0 amide bonds. The summed E-state index contributed by atoms with van der Waals surface area (Å²) in [6, 6.07) is -1.33. The highest BCUT2D eigenvalue weighted by molar-refractivity contribution is 9.10. The Morgan fingerprint density at radius 2 is 2.38 bits per heavy atom. The molecule has 0 heterocycles. The van der Waals surface area contributed by atoms with Gasteiger partial charge < -0.3 is 0 Å². The van der Waals surface area contributed by atoms with E-state index in [-0.39, 0.29) is 28.2 Å². The summed E-state index contributed by atoms with van der Waals surface area (Å²) in [7, 11) is 0. The Balaban J connectivity index is 3.60. The van der Waals surface area contributed by atoms with Crippen molar-refractivity contribution < 1.29 is 8.22 Å². The molecule has 0 unspecified atom stereocenters. The quantitative estimate of drug-likeness (QED) is 0.571. The molecule has 0 spiro atoms. The van der Waals surface area contributed by atoms with E-state index >= 15 is 0 Å². The van der Waals surface area contributed by atoms with E-state index in [9.17, 15) is 0 Å². The fourth-order valence-electron chi connectivity index (χ4n) is 0.307. The zero-order chi connectivity index (χ0) is 11.0. The lowest BCUT2D eigenvalue weighted by Crippen LogP contribution is -1.69. The monoisotopic (exact) mass is 176 g/mol. The van der Waals surface area contributed by atoms with Gasteiger partial charge >= 0.3 is 0 Å². The fraction of sp³-hybridized carbons (Fsp3) is 0.143. The Bertz CT molecular complexity index is 346. The van der Waals surface area contributed by atoms with Crippen molar-refractivity contribution >= 4 is 15.9 Å². The molecule has 1 heteroatoms. The van der Waals surface area contributed by atoms with Crippen molar-refractivity contribution in [1.29, 1.82) is 0 Å². The van der Waals surface area contributed by atoms with Crippen LogP contribution in [0.2, 0.25) is 0 Å². The molecule has 0 aliphatic heterocycles. The summed E-state index contributed by atoms with van der Waals surface area (Å²) in [4.78, 5) is 0. The summed E-state index contributed by atoms with van der Waals surface area (Å²) < 4.78 is 43.9. The van der Waals surface area contributed by atoms with E-state index in [0.717, 1.165) is 0 Å². The van der Waals surface area contributed by atoms with E-state index in [0.29, 0.717) is 0 Å². The first kappa shape index (κ1) is 1.84. The second kappa shape index (κ2) is 2.31. The van der Waals surface area contributed by atoms with Crippen molar-refractivity contribution in [3.63, 3.8) is 0 Å². The molecule has 0 atom stereocenters. The van der Waals surface area contributed by atoms with Gasteiger partial charge in [0, 0.05) is 7.21 Å². The molecule has 0 aliphatic carbocycles. The van der Waals surface area contributed by atoms with Gasteiger partial charge in [-0.3, -0.25) is 0 Å². The van der Waals surface area contributed by atoms with Gasteiger partial charge in [-0.15, -0.1) is 0 Å². The second-order valence-electron chi connectivity index (χ2n) is 1.23. The van der Waals surface area contributed by atoms with E-state index in [1.165, 1.54) is 0 Å². The number of hydrogen-bond donors (Lipinski definition) is 0.